The van der Waals surface area contributed by atoms with Gasteiger partial charge in [-0.2, -0.15) is 18.4 Å². The number of thioether (sulfide) groups is 1. The maximum Gasteiger partial charge on any atom is 0.433 e. The van der Waals surface area contributed by atoms with Gasteiger partial charge in [-0.25, -0.2) is 9.97 Å². The zero-order chi connectivity index (χ0) is 21.5. The minimum Gasteiger partial charge on any atom is -0.316 e. The van der Waals surface area contributed by atoms with Crippen LogP contribution in [-0.2, 0) is 36.8 Å². The van der Waals surface area contributed by atoms with Gasteiger partial charge in [0.2, 0.25) is 5.91 Å². The largest absolute Gasteiger partial charge is 0.433 e. The molecule has 1 aliphatic carbocycles. The molecular weight excluding hydrogens is 435 g/mol. The van der Waals surface area contributed by atoms with Crippen molar-refractivity contribution >= 4 is 34.0 Å². The molecule has 4 rings (SSSR count). The van der Waals surface area contributed by atoms with E-state index in [1.54, 1.807) is 0 Å². The molecule has 2 aromatic rings. The highest BCUT2D eigenvalue weighted by Crippen LogP contribution is 2.38. The molecule has 11 heteroatoms. The number of nitriles is 1. The van der Waals surface area contributed by atoms with Gasteiger partial charge in [-0.3, -0.25) is 4.79 Å². The number of hydrogen-bond acceptors (Lipinski definition) is 7. The van der Waals surface area contributed by atoms with Crippen molar-refractivity contribution in [3.63, 3.8) is 0 Å². The summed E-state index contributed by atoms with van der Waals surface area (Å²) in [4.78, 5) is 23.5. The highest BCUT2D eigenvalue weighted by molar-refractivity contribution is 7.99. The van der Waals surface area contributed by atoms with Gasteiger partial charge in [-0.05, 0) is 38.3 Å². The van der Waals surface area contributed by atoms with E-state index in [4.69, 9.17) is 0 Å². The molecule has 2 aliphatic rings. The molecule has 3 heterocycles. The van der Waals surface area contributed by atoms with Gasteiger partial charge in [-0.15, -0.1) is 11.3 Å². The number of nitrogens with zero attached hydrogens (tertiary/aromatic N) is 4. The van der Waals surface area contributed by atoms with Crippen LogP contribution in [0.4, 0.5) is 18.2 Å². The Morgan fingerprint density at radius 3 is 2.83 bits per heavy atom. The van der Waals surface area contributed by atoms with Crippen LogP contribution in [0.15, 0.2) is 5.16 Å². The number of alkyl halides is 3. The summed E-state index contributed by atoms with van der Waals surface area (Å²) >= 11 is 2.25. The lowest BCUT2D eigenvalue weighted by molar-refractivity contribution is -0.142. The van der Waals surface area contributed by atoms with Gasteiger partial charge >= 0.3 is 6.18 Å². The molecule has 6 nitrogen and oxygen atoms in total. The van der Waals surface area contributed by atoms with Crippen LogP contribution in [0.25, 0.3) is 0 Å². The smallest absolute Gasteiger partial charge is 0.316 e. The topological polar surface area (TPSA) is 81.9 Å². The van der Waals surface area contributed by atoms with Gasteiger partial charge in [0.1, 0.15) is 11.1 Å². The van der Waals surface area contributed by atoms with E-state index in [-0.39, 0.29) is 16.5 Å². The molecule has 0 spiro atoms. The summed E-state index contributed by atoms with van der Waals surface area (Å²) in [5, 5.41) is 12.7. The molecule has 30 heavy (non-hydrogen) atoms. The zero-order valence-corrected chi connectivity index (χ0v) is 17.7. The van der Waals surface area contributed by atoms with Gasteiger partial charge < -0.3 is 10.2 Å². The van der Waals surface area contributed by atoms with Crippen LogP contribution in [0, 0.1) is 11.3 Å². The lowest BCUT2D eigenvalue weighted by Gasteiger charge is -2.21. The van der Waals surface area contributed by atoms with E-state index >= 15 is 0 Å². The molecule has 1 amide bonds. The van der Waals surface area contributed by atoms with E-state index in [0.29, 0.717) is 35.5 Å². The predicted octanol–water partition coefficient (Wildman–Crippen LogP) is 3.64. The number of anilines is 1. The van der Waals surface area contributed by atoms with Gasteiger partial charge in [0.25, 0.3) is 0 Å². The van der Waals surface area contributed by atoms with Crippen LogP contribution in [-0.4, -0.2) is 40.1 Å². The molecule has 0 saturated heterocycles. The Hall–Kier alpha value is -2.16. The maximum absolute atomic E-state index is 13.3. The van der Waals surface area contributed by atoms with Crippen molar-refractivity contribution in [2.45, 2.75) is 43.6 Å². The molecule has 2 aromatic heterocycles. The Morgan fingerprint density at radius 2 is 2.10 bits per heavy atom. The second kappa shape index (κ2) is 8.17. The van der Waals surface area contributed by atoms with Crippen molar-refractivity contribution in [3.8, 4) is 6.07 Å². The fraction of sp³-hybridized carbons (Fsp3) is 0.474. The first kappa shape index (κ1) is 21.1. The van der Waals surface area contributed by atoms with Crippen molar-refractivity contribution in [2.75, 3.05) is 24.7 Å². The molecule has 0 fully saturated rings. The second-order valence-electron chi connectivity index (χ2n) is 7.28. The average molecular weight is 454 g/mol. The van der Waals surface area contributed by atoms with Crippen LogP contribution in [0.3, 0.4) is 0 Å². The Morgan fingerprint density at radius 1 is 1.30 bits per heavy atom. The third-order valence-electron chi connectivity index (χ3n) is 5.13. The number of halogens is 3. The minimum absolute atomic E-state index is 0.0502. The number of fused-ring (bicyclic) bond motifs is 2. The first-order chi connectivity index (χ1) is 14.3. The van der Waals surface area contributed by atoms with Crippen LogP contribution in [0.1, 0.15) is 39.4 Å². The molecule has 0 aromatic carbocycles. The standard InChI is InChI=1S/C19H18F3N5OS2/c1-27-6-5-10-12(7-23)17(30-14(10)8-27)25-15(28)9-29-18-24-13-4-2-3-11(13)16(26-18)19(20,21)22/h2-6,8-9H2,1H3,(H,25,28). The monoisotopic (exact) mass is 453 g/mol. The molecule has 1 aliphatic heterocycles. The fourth-order valence-electron chi connectivity index (χ4n) is 3.74. The number of likely N-dealkylation sites (N-methyl/N-ethyl adjacent to an activating group) is 1. The molecule has 0 saturated carbocycles. The Labute approximate surface area is 179 Å². The average Bonchev–Trinajstić information content (AvgIpc) is 3.28. The van der Waals surface area contributed by atoms with E-state index in [1.165, 1.54) is 11.3 Å². The molecule has 0 unspecified atom stereocenters. The van der Waals surface area contributed by atoms with Gasteiger partial charge in [0.05, 0.1) is 11.3 Å². The van der Waals surface area contributed by atoms with E-state index in [0.717, 1.165) is 41.7 Å². The van der Waals surface area contributed by atoms with E-state index < -0.39 is 17.8 Å². The summed E-state index contributed by atoms with van der Waals surface area (Å²) in [6, 6.07) is 2.17. The van der Waals surface area contributed by atoms with Gasteiger partial charge in [-0.1, -0.05) is 11.8 Å². The highest BCUT2D eigenvalue weighted by atomic mass is 32.2. The first-order valence-electron chi connectivity index (χ1n) is 9.39. The Balaban J connectivity index is 1.47. The van der Waals surface area contributed by atoms with Crippen molar-refractivity contribution in [3.05, 3.63) is 33.0 Å². The summed E-state index contributed by atoms with van der Waals surface area (Å²) in [6.07, 6.45) is -2.36. The van der Waals surface area contributed by atoms with Crippen LogP contribution >= 0.6 is 23.1 Å². The van der Waals surface area contributed by atoms with E-state index in [9.17, 15) is 23.2 Å². The number of hydrogen-bond donors (Lipinski definition) is 1. The zero-order valence-electron chi connectivity index (χ0n) is 16.1. The second-order valence-corrected chi connectivity index (χ2v) is 9.32. The SMILES string of the molecule is CN1CCc2c(sc(NC(=O)CSc3nc4c(c(C(F)(F)F)n3)CCC4)c2C#N)C1. The summed E-state index contributed by atoms with van der Waals surface area (Å²) in [5.74, 6) is -0.537. The van der Waals surface area contributed by atoms with Crippen molar-refractivity contribution < 1.29 is 18.0 Å². The predicted molar refractivity (Wildman–Crippen MR) is 107 cm³/mol. The lowest BCUT2D eigenvalue weighted by Crippen LogP contribution is -2.25. The number of nitrogens with one attached hydrogen (secondary N) is 1. The number of aromatic nitrogens is 2. The molecular formula is C19H18F3N5OS2. The van der Waals surface area contributed by atoms with Crippen LogP contribution in [0.2, 0.25) is 0 Å². The molecule has 158 valence electrons. The fourth-order valence-corrected chi connectivity index (χ4v) is 5.70. The van der Waals surface area contributed by atoms with Gasteiger partial charge in [0, 0.05) is 29.2 Å². The molecule has 0 atom stereocenters. The van der Waals surface area contributed by atoms with Crippen molar-refractivity contribution in [2.24, 2.45) is 0 Å². The first-order valence-corrected chi connectivity index (χ1v) is 11.2. The molecule has 1 N–H and O–H groups in total. The molecule has 0 radical (unpaired) electrons. The highest BCUT2D eigenvalue weighted by Gasteiger charge is 2.38. The Kier molecular flexibility index (Phi) is 5.74. The normalized spacial score (nSPS) is 16.1. The summed E-state index contributed by atoms with van der Waals surface area (Å²) < 4.78 is 40.0. The Bertz CT molecular complexity index is 1040. The van der Waals surface area contributed by atoms with E-state index in [2.05, 4.69) is 26.3 Å². The minimum atomic E-state index is -4.54. The number of carbonyl (C=O) groups excluding carboxylic acids is 1. The van der Waals surface area contributed by atoms with Gasteiger partial charge in [0.15, 0.2) is 10.9 Å². The lowest BCUT2D eigenvalue weighted by atomic mass is 10.0. The third kappa shape index (κ3) is 4.17. The number of rotatable bonds is 4. The van der Waals surface area contributed by atoms with Crippen molar-refractivity contribution in [1.82, 2.24) is 14.9 Å². The van der Waals surface area contributed by atoms with Crippen LogP contribution in [0.5, 0.6) is 0 Å². The summed E-state index contributed by atoms with van der Waals surface area (Å²) in [5.41, 5.74) is 1.15. The number of amides is 1. The maximum atomic E-state index is 13.3. The van der Waals surface area contributed by atoms with E-state index in [1.807, 2.05) is 7.05 Å². The number of carbonyl (C=O) groups is 1. The molecule has 0 bridgehead atoms. The summed E-state index contributed by atoms with van der Waals surface area (Å²) in [6.45, 7) is 1.57. The number of aryl methyl sites for hydroxylation is 1. The summed E-state index contributed by atoms with van der Waals surface area (Å²) in [7, 11) is 2.00. The number of thiophene rings is 1. The third-order valence-corrected chi connectivity index (χ3v) is 7.11. The van der Waals surface area contributed by atoms with Crippen molar-refractivity contribution in [1.29, 1.82) is 5.26 Å². The quantitative estimate of drug-likeness (QED) is 0.562. The van der Waals surface area contributed by atoms with Crippen LogP contribution < -0.4 is 5.32 Å².